The molecular formula is C10H18O4. The van der Waals surface area contributed by atoms with Crippen LogP contribution in [0.4, 0.5) is 0 Å². The fourth-order valence-corrected chi connectivity index (χ4v) is 1.27. The van der Waals surface area contributed by atoms with Crippen LogP contribution in [0.15, 0.2) is 0 Å². The van der Waals surface area contributed by atoms with Crippen LogP contribution in [0.2, 0.25) is 0 Å². The summed E-state index contributed by atoms with van der Waals surface area (Å²) >= 11 is 0. The van der Waals surface area contributed by atoms with Crippen LogP contribution in [-0.4, -0.2) is 26.2 Å². The summed E-state index contributed by atoms with van der Waals surface area (Å²) in [5.41, 5.74) is -1.15. The third-order valence-electron chi connectivity index (χ3n) is 2.30. The molecule has 0 aromatic carbocycles. The lowest BCUT2D eigenvalue weighted by molar-refractivity contribution is -0.168. The van der Waals surface area contributed by atoms with Crippen molar-refractivity contribution in [3.63, 3.8) is 0 Å². The van der Waals surface area contributed by atoms with Gasteiger partial charge in [0.1, 0.15) is 0 Å². The van der Waals surface area contributed by atoms with Gasteiger partial charge in [0, 0.05) is 0 Å². The van der Waals surface area contributed by atoms with E-state index in [9.17, 15) is 9.59 Å². The molecule has 82 valence electrons. The molecule has 0 amide bonds. The molecule has 0 aliphatic carbocycles. The quantitative estimate of drug-likeness (QED) is 0.501. The van der Waals surface area contributed by atoms with Crippen molar-refractivity contribution in [3.8, 4) is 0 Å². The highest BCUT2D eigenvalue weighted by Gasteiger charge is 2.42. The highest BCUT2D eigenvalue weighted by molar-refractivity contribution is 5.99. The Labute approximate surface area is 84.6 Å². The Morgan fingerprint density at radius 2 is 1.57 bits per heavy atom. The van der Waals surface area contributed by atoms with E-state index in [-0.39, 0.29) is 0 Å². The Hall–Kier alpha value is -1.06. The average molecular weight is 202 g/mol. The molecular weight excluding hydrogens is 184 g/mol. The number of methoxy groups -OCH3 is 2. The molecule has 0 saturated carbocycles. The molecule has 14 heavy (non-hydrogen) atoms. The number of unbranched alkanes of at least 4 members (excludes halogenated alkanes) is 1. The van der Waals surface area contributed by atoms with Crippen molar-refractivity contribution in [3.05, 3.63) is 0 Å². The predicted octanol–water partition coefficient (Wildman–Crippen LogP) is 1.53. The van der Waals surface area contributed by atoms with Crippen molar-refractivity contribution < 1.29 is 19.1 Å². The average Bonchev–Trinajstić information content (AvgIpc) is 2.23. The number of carbonyl (C=O) groups is 2. The summed E-state index contributed by atoms with van der Waals surface area (Å²) < 4.78 is 9.19. The van der Waals surface area contributed by atoms with E-state index >= 15 is 0 Å². The first-order valence-electron chi connectivity index (χ1n) is 4.69. The second-order valence-corrected chi connectivity index (χ2v) is 3.42. The molecule has 0 aliphatic heterocycles. The second kappa shape index (κ2) is 5.62. The smallest absolute Gasteiger partial charge is 0.322 e. The lowest BCUT2D eigenvalue weighted by Crippen LogP contribution is -2.38. The van der Waals surface area contributed by atoms with E-state index in [1.54, 1.807) is 6.92 Å². The van der Waals surface area contributed by atoms with Gasteiger partial charge in [0.05, 0.1) is 14.2 Å². The highest BCUT2D eigenvalue weighted by atomic mass is 16.5. The number of rotatable bonds is 5. The Kier molecular flexibility index (Phi) is 5.20. The predicted molar refractivity (Wildman–Crippen MR) is 51.7 cm³/mol. The lowest BCUT2D eigenvalue weighted by atomic mass is 9.85. The summed E-state index contributed by atoms with van der Waals surface area (Å²) in [5, 5.41) is 0. The van der Waals surface area contributed by atoms with Crippen LogP contribution < -0.4 is 0 Å². The standard InChI is InChI=1S/C10H18O4/c1-5-6-7-10(2,8(11)13-3)9(12)14-4/h5-7H2,1-4H3. The highest BCUT2D eigenvalue weighted by Crippen LogP contribution is 2.27. The fourth-order valence-electron chi connectivity index (χ4n) is 1.27. The van der Waals surface area contributed by atoms with Crippen LogP contribution in [0.5, 0.6) is 0 Å². The summed E-state index contributed by atoms with van der Waals surface area (Å²) in [6.45, 7) is 3.55. The van der Waals surface area contributed by atoms with Gasteiger partial charge in [-0.25, -0.2) is 0 Å². The molecule has 0 radical (unpaired) electrons. The van der Waals surface area contributed by atoms with Gasteiger partial charge in [-0.2, -0.15) is 0 Å². The van der Waals surface area contributed by atoms with Crippen molar-refractivity contribution >= 4 is 11.9 Å². The molecule has 0 fully saturated rings. The van der Waals surface area contributed by atoms with Crippen molar-refractivity contribution in [1.29, 1.82) is 0 Å². The molecule has 0 aromatic heterocycles. The molecule has 4 heteroatoms. The molecule has 0 bridgehead atoms. The van der Waals surface area contributed by atoms with Crippen LogP contribution in [0.1, 0.15) is 33.1 Å². The fraction of sp³-hybridized carbons (Fsp3) is 0.800. The van der Waals surface area contributed by atoms with Gasteiger partial charge in [-0.15, -0.1) is 0 Å². The van der Waals surface area contributed by atoms with Crippen molar-refractivity contribution in [1.82, 2.24) is 0 Å². The van der Waals surface area contributed by atoms with E-state index in [1.165, 1.54) is 14.2 Å². The zero-order valence-electron chi connectivity index (χ0n) is 9.25. The van der Waals surface area contributed by atoms with Crippen molar-refractivity contribution in [2.75, 3.05) is 14.2 Å². The van der Waals surface area contributed by atoms with Gasteiger partial charge >= 0.3 is 11.9 Å². The summed E-state index contributed by atoms with van der Waals surface area (Å²) in [7, 11) is 2.55. The molecule has 0 N–H and O–H groups in total. The largest absolute Gasteiger partial charge is 0.468 e. The van der Waals surface area contributed by atoms with E-state index in [1.807, 2.05) is 6.92 Å². The second-order valence-electron chi connectivity index (χ2n) is 3.42. The first kappa shape index (κ1) is 12.9. The minimum Gasteiger partial charge on any atom is -0.468 e. The van der Waals surface area contributed by atoms with Gasteiger partial charge in [0.15, 0.2) is 5.41 Å². The van der Waals surface area contributed by atoms with E-state index in [0.29, 0.717) is 6.42 Å². The topological polar surface area (TPSA) is 52.6 Å². The monoisotopic (exact) mass is 202 g/mol. The number of hydrogen-bond donors (Lipinski definition) is 0. The van der Waals surface area contributed by atoms with Crippen LogP contribution in [-0.2, 0) is 19.1 Å². The molecule has 0 aliphatic rings. The summed E-state index contributed by atoms with van der Waals surface area (Å²) in [6.07, 6.45) is 2.17. The maximum absolute atomic E-state index is 11.4. The molecule has 0 spiro atoms. The minimum atomic E-state index is -1.15. The van der Waals surface area contributed by atoms with Gasteiger partial charge in [-0.3, -0.25) is 9.59 Å². The van der Waals surface area contributed by atoms with Gasteiger partial charge in [-0.05, 0) is 13.3 Å². The normalized spacial score (nSPS) is 10.9. The van der Waals surface area contributed by atoms with Gasteiger partial charge in [0.25, 0.3) is 0 Å². The summed E-state index contributed by atoms with van der Waals surface area (Å²) in [6, 6.07) is 0. The first-order valence-corrected chi connectivity index (χ1v) is 4.69. The van der Waals surface area contributed by atoms with E-state index in [2.05, 4.69) is 9.47 Å². The molecule has 0 aromatic rings. The van der Waals surface area contributed by atoms with Crippen LogP contribution in [0, 0.1) is 5.41 Å². The third kappa shape index (κ3) is 2.72. The Balaban J connectivity index is 4.65. The van der Waals surface area contributed by atoms with Crippen LogP contribution >= 0.6 is 0 Å². The SMILES string of the molecule is CCCCC(C)(C(=O)OC)C(=O)OC. The summed E-state index contributed by atoms with van der Waals surface area (Å²) in [5.74, 6) is -1.06. The first-order chi connectivity index (χ1) is 6.52. The number of esters is 2. The van der Waals surface area contributed by atoms with E-state index in [4.69, 9.17) is 0 Å². The maximum atomic E-state index is 11.4. The molecule has 0 rings (SSSR count). The van der Waals surface area contributed by atoms with Crippen molar-refractivity contribution in [2.45, 2.75) is 33.1 Å². The van der Waals surface area contributed by atoms with Crippen LogP contribution in [0.3, 0.4) is 0 Å². The Morgan fingerprint density at radius 1 is 1.14 bits per heavy atom. The zero-order valence-corrected chi connectivity index (χ0v) is 9.25. The maximum Gasteiger partial charge on any atom is 0.322 e. The Bertz CT molecular complexity index is 194. The van der Waals surface area contributed by atoms with Gasteiger partial charge < -0.3 is 9.47 Å². The van der Waals surface area contributed by atoms with Crippen molar-refractivity contribution in [2.24, 2.45) is 5.41 Å². The number of carbonyl (C=O) groups excluding carboxylic acids is 2. The van der Waals surface area contributed by atoms with Gasteiger partial charge in [-0.1, -0.05) is 19.8 Å². The third-order valence-corrected chi connectivity index (χ3v) is 2.30. The molecule has 4 nitrogen and oxygen atoms in total. The van der Waals surface area contributed by atoms with Crippen LogP contribution in [0.25, 0.3) is 0 Å². The minimum absolute atomic E-state index is 0.461. The lowest BCUT2D eigenvalue weighted by Gasteiger charge is -2.23. The molecule has 0 atom stereocenters. The molecule has 0 saturated heterocycles. The van der Waals surface area contributed by atoms with E-state index in [0.717, 1.165) is 12.8 Å². The zero-order chi connectivity index (χ0) is 11.2. The number of hydrogen-bond acceptors (Lipinski definition) is 4. The Morgan fingerprint density at radius 3 is 1.86 bits per heavy atom. The number of ether oxygens (including phenoxy) is 2. The molecule has 0 unspecified atom stereocenters. The van der Waals surface area contributed by atoms with E-state index < -0.39 is 17.4 Å². The summed E-state index contributed by atoms with van der Waals surface area (Å²) in [4.78, 5) is 22.8. The molecule has 0 heterocycles. The van der Waals surface area contributed by atoms with Gasteiger partial charge in [0.2, 0.25) is 0 Å².